The first-order chi connectivity index (χ1) is 15.1. The van der Waals surface area contributed by atoms with Crippen molar-refractivity contribution in [2.75, 3.05) is 32.1 Å². The summed E-state index contributed by atoms with van der Waals surface area (Å²) in [4.78, 5) is 14.4. The predicted molar refractivity (Wildman–Crippen MR) is 118 cm³/mol. The summed E-state index contributed by atoms with van der Waals surface area (Å²) in [6.07, 6.45) is 4.92. The molecule has 1 saturated heterocycles. The van der Waals surface area contributed by atoms with Crippen LogP contribution < -0.4 is 10.1 Å². The molecule has 1 aliphatic carbocycles. The molecular formula is C24H25N5O2. The number of carbonyl (C=O) groups is 1. The van der Waals surface area contributed by atoms with Crippen LogP contribution in [0.15, 0.2) is 42.6 Å². The Morgan fingerprint density at radius 1 is 1.26 bits per heavy atom. The third-order valence-electron chi connectivity index (χ3n) is 6.05. The maximum absolute atomic E-state index is 12.0. The number of rotatable bonds is 6. The first kappa shape index (κ1) is 19.6. The van der Waals surface area contributed by atoms with Crippen molar-refractivity contribution in [3.8, 4) is 22.9 Å². The van der Waals surface area contributed by atoms with E-state index in [1.54, 1.807) is 10.6 Å². The van der Waals surface area contributed by atoms with Gasteiger partial charge in [0.05, 0.1) is 23.8 Å². The van der Waals surface area contributed by atoms with Crippen molar-refractivity contribution in [3.05, 3.63) is 48.2 Å². The number of pyridine rings is 1. The van der Waals surface area contributed by atoms with E-state index < -0.39 is 0 Å². The first-order valence-corrected chi connectivity index (χ1v) is 10.8. The van der Waals surface area contributed by atoms with Crippen LogP contribution in [-0.4, -0.2) is 47.2 Å². The molecule has 5 rings (SSSR count). The topological polar surface area (TPSA) is 82.7 Å². The minimum atomic E-state index is 0.0404. The molecule has 7 nitrogen and oxygen atoms in total. The molecule has 1 atom stereocenters. The van der Waals surface area contributed by atoms with Gasteiger partial charge in [-0.1, -0.05) is 0 Å². The van der Waals surface area contributed by atoms with E-state index in [0.717, 1.165) is 54.7 Å². The van der Waals surface area contributed by atoms with Gasteiger partial charge in [-0.05, 0) is 68.8 Å². The number of hydrogen-bond donors (Lipinski definition) is 1. The fourth-order valence-corrected chi connectivity index (χ4v) is 4.12. The molecule has 1 aromatic carbocycles. The maximum Gasteiger partial charge on any atom is 0.228 e. The number of carbonyl (C=O) groups excluding carboxylic acids is 1. The van der Waals surface area contributed by atoms with Gasteiger partial charge in [0.1, 0.15) is 5.75 Å². The highest BCUT2D eigenvalue weighted by atomic mass is 16.5. The van der Waals surface area contributed by atoms with Crippen LogP contribution >= 0.6 is 0 Å². The number of amides is 1. The molecule has 3 heterocycles. The molecule has 2 aromatic heterocycles. The standard InChI is InChI=1S/C24H25N5O2/c1-28-8-6-17(14-28)15-31-22-5-2-16(13-25)10-21(22)19-7-9-29-20(11-19)12-23(27-29)26-24(30)18-3-4-18/h2,5,7,9-12,17-18H,3-4,6,8,14-15H2,1H3,(H,26,27,30)/t17-/m1/s1. The molecule has 1 aliphatic heterocycles. The van der Waals surface area contributed by atoms with Crippen LogP contribution in [0, 0.1) is 23.2 Å². The molecule has 7 heteroatoms. The highest BCUT2D eigenvalue weighted by molar-refractivity contribution is 5.93. The molecule has 158 valence electrons. The maximum atomic E-state index is 12.0. The fraction of sp³-hybridized carbons (Fsp3) is 0.375. The molecule has 0 bridgehead atoms. The molecule has 0 radical (unpaired) electrons. The number of ether oxygens (including phenoxy) is 1. The van der Waals surface area contributed by atoms with Crippen molar-refractivity contribution >= 4 is 17.2 Å². The summed E-state index contributed by atoms with van der Waals surface area (Å²) in [5.41, 5.74) is 3.30. The summed E-state index contributed by atoms with van der Waals surface area (Å²) in [5.74, 6) is 2.02. The lowest BCUT2D eigenvalue weighted by Gasteiger charge is -2.16. The number of nitrogens with one attached hydrogen (secondary N) is 1. The van der Waals surface area contributed by atoms with E-state index in [2.05, 4.69) is 28.4 Å². The largest absolute Gasteiger partial charge is 0.493 e. The molecule has 1 saturated carbocycles. The number of nitrogens with zero attached hydrogens (tertiary/aromatic N) is 4. The van der Waals surface area contributed by atoms with Gasteiger partial charge in [0, 0.05) is 36.2 Å². The summed E-state index contributed by atoms with van der Waals surface area (Å²) in [7, 11) is 2.13. The van der Waals surface area contributed by atoms with Gasteiger partial charge in [0.2, 0.25) is 5.91 Å². The van der Waals surface area contributed by atoms with Gasteiger partial charge in [-0.2, -0.15) is 10.4 Å². The lowest BCUT2D eigenvalue weighted by atomic mass is 10.0. The van der Waals surface area contributed by atoms with E-state index in [9.17, 15) is 10.1 Å². The molecular weight excluding hydrogens is 390 g/mol. The SMILES string of the molecule is CN1CC[C@@H](COc2ccc(C#N)cc2-c2ccn3nc(NC(=O)C4CC4)cc3c2)C1. The molecule has 2 fully saturated rings. The Morgan fingerprint density at radius 2 is 2.13 bits per heavy atom. The van der Waals surface area contributed by atoms with Crippen molar-refractivity contribution in [3.63, 3.8) is 0 Å². The van der Waals surface area contributed by atoms with E-state index in [1.807, 2.05) is 36.5 Å². The van der Waals surface area contributed by atoms with E-state index in [4.69, 9.17) is 4.74 Å². The van der Waals surface area contributed by atoms with Crippen LogP contribution in [0.25, 0.3) is 16.6 Å². The van der Waals surface area contributed by atoms with E-state index in [-0.39, 0.29) is 11.8 Å². The Morgan fingerprint density at radius 3 is 2.87 bits per heavy atom. The third-order valence-corrected chi connectivity index (χ3v) is 6.05. The lowest BCUT2D eigenvalue weighted by Crippen LogP contribution is -2.18. The average molecular weight is 415 g/mol. The van der Waals surface area contributed by atoms with Crippen LogP contribution in [0.1, 0.15) is 24.8 Å². The molecule has 0 spiro atoms. The number of benzene rings is 1. The van der Waals surface area contributed by atoms with Gasteiger partial charge in [-0.25, -0.2) is 4.52 Å². The quantitative estimate of drug-likeness (QED) is 0.666. The Labute approximate surface area is 181 Å². The molecule has 1 N–H and O–H groups in total. The Balaban J connectivity index is 1.42. The Hall–Kier alpha value is -3.37. The van der Waals surface area contributed by atoms with Crippen molar-refractivity contribution in [2.45, 2.75) is 19.3 Å². The summed E-state index contributed by atoms with van der Waals surface area (Å²) in [5, 5.41) is 16.7. The Bertz CT molecular complexity index is 1170. The van der Waals surface area contributed by atoms with E-state index in [1.165, 1.54) is 0 Å². The monoisotopic (exact) mass is 415 g/mol. The van der Waals surface area contributed by atoms with Crippen molar-refractivity contribution in [2.24, 2.45) is 11.8 Å². The van der Waals surface area contributed by atoms with Crippen LogP contribution in [0.3, 0.4) is 0 Å². The second kappa shape index (κ2) is 8.05. The van der Waals surface area contributed by atoms with E-state index in [0.29, 0.717) is 23.9 Å². The normalized spacial score (nSPS) is 18.8. The number of nitriles is 1. The average Bonchev–Trinajstić information content (AvgIpc) is 3.43. The van der Waals surface area contributed by atoms with Crippen molar-refractivity contribution in [1.82, 2.24) is 14.5 Å². The summed E-state index contributed by atoms with van der Waals surface area (Å²) in [6.45, 7) is 2.81. The summed E-state index contributed by atoms with van der Waals surface area (Å²) < 4.78 is 7.96. The van der Waals surface area contributed by atoms with Gasteiger partial charge in [0.25, 0.3) is 0 Å². The Kier molecular flexibility index (Phi) is 5.08. The van der Waals surface area contributed by atoms with Crippen LogP contribution in [0.4, 0.5) is 5.82 Å². The first-order valence-electron chi connectivity index (χ1n) is 10.8. The molecule has 1 amide bonds. The zero-order valence-electron chi connectivity index (χ0n) is 17.5. The zero-order chi connectivity index (χ0) is 21.4. The highest BCUT2D eigenvalue weighted by Crippen LogP contribution is 2.33. The second-order valence-electron chi connectivity index (χ2n) is 8.63. The summed E-state index contributed by atoms with van der Waals surface area (Å²) >= 11 is 0. The van der Waals surface area contributed by atoms with Gasteiger partial charge in [0.15, 0.2) is 5.82 Å². The lowest BCUT2D eigenvalue weighted by molar-refractivity contribution is -0.117. The highest BCUT2D eigenvalue weighted by Gasteiger charge is 2.30. The third kappa shape index (κ3) is 4.25. The number of hydrogen-bond acceptors (Lipinski definition) is 5. The number of anilines is 1. The second-order valence-corrected chi connectivity index (χ2v) is 8.63. The molecule has 0 unspecified atom stereocenters. The molecule has 3 aromatic rings. The number of likely N-dealkylation sites (tertiary alicyclic amines) is 1. The predicted octanol–water partition coefficient (Wildman–Crippen LogP) is 3.55. The van der Waals surface area contributed by atoms with Crippen molar-refractivity contribution < 1.29 is 9.53 Å². The van der Waals surface area contributed by atoms with Gasteiger partial charge in [-0.15, -0.1) is 0 Å². The number of fused-ring (bicyclic) bond motifs is 1. The van der Waals surface area contributed by atoms with E-state index >= 15 is 0 Å². The van der Waals surface area contributed by atoms with Crippen LogP contribution in [-0.2, 0) is 4.79 Å². The molecule has 2 aliphatic rings. The summed E-state index contributed by atoms with van der Waals surface area (Å²) in [6, 6.07) is 13.6. The van der Waals surface area contributed by atoms with Gasteiger partial charge >= 0.3 is 0 Å². The van der Waals surface area contributed by atoms with Crippen LogP contribution in [0.2, 0.25) is 0 Å². The van der Waals surface area contributed by atoms with Gasteiger partial charge in [-0.3, -0.25) is 4.79 Å². The van der Waals surface area contributed by atoms with Gasteiger partial charge < -0.3 is 15.0 Å². The fourth-order valence-electron chi connectivity index (χ4n) is 4.12. The number of aromatic nitrogens is 2. The smallest absolute Gasteiger partial charge is 0.228 e. The van der Waals surface area contributed by atoms with Crippen LogP contribution in [0.5, 0.6) is 5.75 Å². The minimum absolute atomic E-state index is 0.0404. The van der Waals surface area contributed by atoms with Crippen molar-refractivity contribution in [1.29, 1.82) is 5.26 Å². The zero-order valence-corrected chi connectivity index (χ0v) is 17.5. The minimum Gasteiger partial charge on any atom is -0.493 e. The molecule has 31 heavy (non-hydrogen) atoms.